The van der Waals surface area contributed by atoms with Gasteiger partial charge in [0.1, 0.15) is 5.75 Å². The van der Waals surface area contributed by atoms with Gasteiger partial charge in [-0.1, -0.05) is 39.3 Å². The van der Waals surface area contributed by atoms with Gasteiger partial charge < -0.3 is 30.0 Å². The number of carboxylic acid groups (broad SMARTS) is 1. The van der Waals surface area contributed by atoms with Crippen LogP contribution in [-0.2, 0) is 25.5 Å². The number of carbonyl (C=O) groups is 2. The molecule has 0 aromatic heterocycles. The highest BCUT2D eigenvalue weighted by molar-refractivity contribution is 5.79. The maximum absolute atomic E-state index is 13.5. The van der Waals surface area contributed by atoms with E-state index in [2.05, 4.69) is 31.7 Å². The summed E-state index contributed by atoms with van der Waals surface area (Å²) in [5.74, 6) is -0.853. The SMILES string of the molecule is CCCCN(CCN)C(=O)CN1C[C@H](c2ccc3c(c2)CCO3)C(C(=O)O)[C@@H]1CC(C)(C)C1OCCO1. The predicted octanol–water partition coefficient (Wildman–Crippen LogP) is 2.47. The van der Waals surface area contributed by atoms with Crippen LogP contribution in [0.4, 0.5) is 0 Å². The highest BCUT2D eigenvalue weighted by Gasteiger charge is 2.50. The highest BCUT2D eigenvalue weighted by atomic mass is 16.7. The van der Waals surface area contributed by atoms with E-state index < -0.39 is 23.6 Å². The molecule has 0 bridgehead atoms. The lowest BCUT2D eigenvalue weighted by Crippen LogP contribution is -2.48. The first-order valence-electron chi connectivity index (χ1n) is 13.7. The Morgan fingerprint density at radius 3 is 2.62 bits per heavy atom. The van der Waals surface area contributed by atoms with Crippen LogP contribution >= 0.6 is 0 Å². The van der Waals surface area contributed by atoms with Crippen LogP contribution in [0.2, 0.25) is 0 Å². The van der Waals surface area contributed by atoms with Crippen molar-refractivity contribution in [1.82, 2.24) is 9.80 Å². The van der Waals surface area contributed by atoms with E-state index >= 15 is 0 Å². The minimum Gasteiger partial charge on any atom is -0.493 e. The Kier molecular flexibility index (Phi) is 9.11. The Morgan fingerprint density at radius 2 is 1.95 bits per heavy atom. The largest absolute Gasteiger partial charge is 0.493 e. The molecule has 3 aliphatic rings. The number of hydrogen-bond donors (Lipinski definition) is 2. The maximum Gasteiger partial charge on any atom is 0.308 e. The lowest BCUT2D eigenvalue weighted by Gasteiger charge is -2.37. The molecule has 1 aromatic carbocycles. The first-order chi connectivity index (χ1) is 17.7. The van der Waals surface area contributed by atoms with Crippen LogP contribution in [0.15, 0.2) is 18.2 Å². The van der Waals surface area contributed by atoms with Gasteiger partial charge in [-0.3, -0.25) is 14.5 Å². The van der Waals surface area contributed by atoms with Crippen LogP contribution in [0.1, 0.15) is 57.1 Å². The normalized spacial score (nSPS) is 24.3. The number of aliphatic carboxylic acids is 1. The van der Waals surface area contributed by atoms with Gasteiger partial charge in [-0.2, -0.15) is 0 Å². The number of likely N-dealkylation sites (tertiary alicyclic amines) is 1. The molecular weight excluding hydrogens is 474 g/mol. The Morgan fingerprint density at radius 1 is 1.19 bits per heavy atom. The van der Waals surface area contributed by atoms with E-state index in [0.717, 1.165) is 36.1 Å². The molecule has 206 valence electrons. The van der Waals surface area contributed by atoms with E-state index in [0.29, 0.717) is 52.4 Å². The molecule has 1 aromatic rings. The minimum absolute atomic E-state index is 0.00205. The molecule has 1 amide bonds. The second-order valence-corrected chi connectivity index (χ2v) is 11.2. The summed E-state index contributed by atoms with van der Waals surface area (Å²) >= 11 is 0. The fourth-order valence-corrected chi connectivity index (χ4v) is 6.11. The van der Waals surface area contributed by atoms with Crippen LogP contribution in [0.3, 0.4) is 0 Å². The van der Waals surface area contributed by atoms with Gasteiger partial charge in [0.05, 0.1) is 32.3 Å². The van der Waals surface area contributed by atoms with Crippen molar-refractivity contribution in [2.45, 2.75) is 64.7 Å². The lowest BCUT2D eigenvalue weighted by atomic mass is 9.77. The highest BCUT2D eigenvalue weighted by Crippen LogP contribution is 2.45. The van der Waals surface area contributed by atoms with E-state index in [9.17, 15) is 14.7 Å². The van der Waals surface area contributed by atoms with Crippen LogP contribution in [-0.4, -0.2) is 91.7 Å². The summed E-state index contributed by atoms with van der Waals surface area (Å²) in [5.41, 5.74) is 7.50. The second kappa shape index (κ2) is 12.1. The molecule has 1 unspecified atom stereocenters. The van der Waals surface area contributed by atoms with Crippen molar-refractivity contribution in [3.63, 3.8) is 0 Å². The Hall–Kier alpha value is -2.20. The number of amides is 1. The van der Waals surface area contributed by atoms with Crippen molar-refractivity contribution >= 4 is 11.9 Å². The van der Waals surface area contributed by atoms with Crippen molar-refractivity contribution < 1.29 is 28.9 Å². The molecule has 0 aliphatic carbocycles. The van der Waals surface area contributed by atoms with Crippen molar-refractivity contribution in [3.8, 4) is 5.75 Å². The quantitative estimate of drug-likeness (QED) is 0.435. The van der Waals surface area contributed by atoms with E-state index in [1.807, 2.05) is 17.0 Å². The van der Waals surface area contributed by atoms with Crippen LogP contribution in [0, 0.1) is 11.3 Å². The average molecular weight is 518 g/mol. The molecular formula is C28H43N3O6. The zero-order valence-electron chi connectivity index (χ0n) is 22.5. The summed E-state index contributed by atoms with van der Waals surface area (Å²) in [4.78, 5) is 30.2. The van der Waals surface area contributed by atoms with Crippen molar-refractivity contribution in [2.75, 3.05) is 52.5 Å². The smallest absolute Gasteiger partial charge is 0.308 e. The Bertz CT molecular complexity index is 948. The summed E-state index contributed by atoms with van der Waals surface area (Å²) in [6.45, 7) is 10.2. The molecule has 0 spiro atoms. The van der Waals surface area contributed by atoms with Crippen molar-refractivity contribution in [1.29, 1.82) is 0 Å². The van der Waals surface area contributed by atoms with E-state index in [1.54, 1.807) is 0 Å². The Balaban J connectivity index is 1.63. The van der Waals surface area contributed by atoms with Crippen LogP contribution in [0.5, 0.6) is 5.75 Å². The van der Waals surface area contributed by atoms with Crippen molar-refractivity contribution in [2.24, 2.45) is 17.1 Å². The number of carboxylic acids is 1. The van der Waals surface area contributed by atoms with Gasteiger partial charge in [-0.05, 0) is 30.0 Å². The summed E-state index contributed by atoms with van der Waals surface area (Å²) in [6.07, 6.45) is 2.87. The third kappa shape index (κ3) is 6.28. The summed E-state index contributed by atoms with van der Waals surface area (Å²) < 4.78 is 17.3. The number of fused-ring (bicyclic) bond motifs is 1. The fourth-order valence-electron chi connectivity index (χ4n) is 6.11. The van der Waals surface area contributed by atoms with Crippen LogP contribution < -0.4 is 10.5 Å². The number of nitrogens with two attached hydrogens (primary N) is 1. The predicted molar refractivity (Wildman–Crippen MR) is 140 cm³/mol. The number of rotatable bonds is 12. The van der Waals surface area contributed by atoms with Gasteiger partial charge in [0.15, 0.2) is 6.29 Å². The van der Waals surface area contributed by atoms with Gasteiger partial charge >= 0.3 is 5.97 Å². The zero-order valence-corrected chi connectivity index (χ0v) is 22.5. The molecule has 0 saturated carbocycles. The number of nitrogens with zero attached hydrogens (tertiary/aromatic N) is 2. The standard InChI is InChI=1S/C28H43N3O6/c1-4-5-10-30(11-9-29)24(32)18-31-17-21(19-6-7-23-20(15-19)8-12-35-23)25(26(33)34)22(31)16-28(2,3)27-36-13-14-37-27/h6-7,15,21-22,25,27H,4-5,8-14,16-18,29H2,1-3H3,(H,33,34)/t21-,22+,25?/m1/s1. The van der Waals surface area contributed by atoms with E-state index in [-0.39, 0.29) is 24.4 Å². The van der Waals surface area contributed by atoms with Gasteiger partial charge in [0.25, 0.3) is 0 Å². The molecule has 3 atom stereocenters. The lowest BCUT2D eigenvalue weighted by molar-refractivity contribution is -0.148. The molecule has 9 nitrogen and oxygen atoms in total. The first-order valence-corrected chi connectivity index (χ1v) is 13.7. The molecule has 0 radical (unpaired) electrons. The molecule has 2 saturated heterocycles. The minimum atomic E-state index is -0.837. The molecule has 3 aliphatic heterocycles. The summed E-state index contributed by atoms with van der Waals surface area (Å²) in [7, 11) is 0. The molecule has 3 heterocycles. The van der Waals surface area contributed by atoms with Gasteiger partial charge in [-0.25, -0.2) is 0 Å². The molecule has 3 N–H and O–H groups in total. The van der Waals surface area contributed by atoms with Gasteiger partial charge in [0, 0.05) is 50.0 Å². The Labute approximate surface area is 220 Å². The number of ether oxygens (including phenoxy) is 3. The van der Waals surface area contributed by atoms with E-state index in [4.69, 9.17) is 19.9 Å². The van der Waals surface area contributed by atoms with Crippen LogP contribution in [0.25, 0.3) is 0 Å². The summed E-state index contributed by atoms with van der Waals surface area (Å²) in [5, 5.41) is 10.5. The maximum atomic E-state index is 13.5. The first kappa shape index (κ1) is 27.8. The summed E-state index contributed by atoms with van der Waals surface area (Å²) in [6, 6.07) is 5.70. The number of hydrogen-bond acceptors (Lipinski definition) is 7. The third-order valence-electron chi connectivity index (χ3n) is 8.04. The molecule has 37 heavy (non-hydrogen) atoms. The number of unbranched alkanes of at least 4 members (excludes halogenated alkanes) is 1. The number of carbonyl (C=O) groups excluding carboxylic acids is 1. The average Bonchev–Trinajstić information content (AvgIpc) is 3.61. The van der Waals surface area contributed by atoms with E-state index in [1.165, 1.54) is 0 Å². The monoisotopic (exact) mass is 517 g/mol. The fraction of sp³-hybridized carbons (Fsp3) is 0.714. The van der Waals surface area contributed by atoms with Crippen molar-refractivity contribution in [3.05, 3.63) is 29.3 Å². The number of benzene rings is 1. The zero-order chi connectivity index (χ0) is 26.6. The molecule has 9 heteroatoms. The third-order valence-corrected chi connectivity index (χ3v) is 8.04. The topological polar surface area (TPSA) is 115 Å². The molecule has 4 rings (SSSR count). The van der Waals surface area contributed by atoms with Gasteiger partial charge in [0.2, 0.25) is 5.91 Å². The van der Waals surface area contributed by atoms with Gasteiger partial charge in [-0.15, -0.1) is 0 Å². The second-order valence-electron chi connectivity index (χ2n) is 11.2. The molecule has 2 fully saturated rings.